The minimum atomic E-state index is -0.978. The normalized spacial score (nSPS) is 25.1. The maximum atomic E-state index is 11.2. The monoisotopic (exact) mass is 390 g/mol. The Morgan fingerprint density at radius 3 is 2.71 bits per heavy atom. The zero-order chi connectivity index (χ0) is 20.4. The molecule has 1 aliphatic heterocycles. The van der Waals surface area contributed by atoms with Crippen LogP contribution in [-0.4, -0.2) is 42.5 Å². The van der Waals surface area contributed by atoms with Crippen molar-refractivity contribution in [3.63, 3.8) is 0 Å². The molecular weight excluding hydrogens is 362 g/mol. The molecule has 0 aromatic heterocycles. The van der Waals surface area contributed by atoms with Gasteiger partial charge in [-0.15, -0.1) is 0 Å². The van der Waals surface area contributed by atoms with Crippen molar-refractivity contribution in [2.45, 2.75) is 70.0 Å². The molecule has 1 N–H and O–H groups in total. The van der Waals surface area contributed by atoms with E-state index < -0.39 is 24.4 Å². The molecule has 2 rings (SSSR count). The molecular formula is C20H28N3O5. The van der Waals surface area contributed by atoms with Crippen molar-refractivity contribution < 1.29 is 24.1 Å². The van der Waals surface area contributed by atoms with Gasteiger partial charge in [-0.1, -0.05) is 48.3 Å². The Morgan fingerprint density at radius 2 is 2.04 bits per heavy atom. The van der Waals surface area contributed by atoms with E-state index in [1.807, 2.05) is 30.3 Å². The van der Waals surface area contributed by atoms with Crippen molar-refractivity contribution in [3.05, 3.63) is 52.4 Å². The molecule has 1 aromatic carbocycles. The Kier molecular flexibility index (Phi) is 9.23. The number of aliphatic hydroxyl groups excluding tert-OH is 1. The van der Waals surface area contributed by atoms with E-state index in [1.54, 1.807) is 6.92 Å². The standard InChI is InChI=1S/C20H28N3O5/c1-14-18(22-23-21)19(25)20(27-13-15-9-5-3-6-10-15)16(28-14)11-7-4-8-12-17(24)26-2/h3,5-6,9-10,14,18-20,25H,4,7-8,11-13H2,1-2H3/t14-,18-,19+,20-/m1/s1. The Hall–Kier alpha value is -2.12. The third-order valence-electron chi connectivity index (χ3n) is 4.78. The molecule has 1 heterocycles. The summed E-state index contributed by atoms with van der Waals surface area (Å²) in [6.45, 7) is 2.09. The molecule has 28 heavy (non-hydrogen) atoms. The molecule has 0 bridgehead atoms. The molecule has 0 unspecified atom stereocenters. The lowest BCUT2D eigenvalue weighted by Gasteiger charge is -2.41. The van der Waals surface area contributed by atoms with Crippen molar-refractivity contribution in [3.8, 4) is 0 Å². The van der Waals surface area contributed by atoms with Gasteiger partial charge in [-0.25, -0.2) is 0 Å². The van der Waals surface area contributed by atoms with Gasteiger partial charge in [0.25, 0.3) is 0 Å². The summed E-state index contributed by atoms with van der Waals surface area (Å²) in [7, 11) is 1.38. The van der Waals surface area contributed by atoms with Gasteiger partial charge in [0, 0.05) is 11.3 Å². The highest BCUT2D eigenvalue weighted by atomic mass is 16.6. The van der Waals surface area contributed by atoms with Gasteiger partial charge in [-0.05, 0) is 30.9 Å². The van der Waals surface area contributed by atoms with Gasteiger partial charge in [0.2, 0.25) is 0 Å². The van der Waals surface area contributed by atoms with Crippen LogP contribution < -0.4 is 0 Å². The number of rotatable bonds is 10. The van der Waals surface area contributed by atoms with Crippen LogP contribution in [0, 0.1) is 6.10 Å². The van der Waals surface area contributed by atoms with Crippen molar-refractivity contribution in [1.82, 2.24) is 0 Å². The predicted octanol–water partition coefficient (Wildman–Crippen LogP) is 3.69. The molecule has 0 saturated carbocycles. The van der Waals surface area contributed by atoms with E-state index in [1.165, 1.54) is 7.11 Å². The van der Waals surface area contributed by atoms with E-state index in [-0.39, 0.29) is 5.97 Å². The maximum absolute atomic E-state index is 11.2. The molecule has 1 radical (unpaired) electrons. The summed E-state index contributed by atoms with van der Waals surface area (Å²) in [5.74, 6) is -0.216. The van der Waals surface area contributed by atoms with E-state index in [2.05, 4.69) is 14.8 Å². The summed E-state index contributed by atoms with van der Waals surface area (Å²) in [4.78, 5) is 14.0. The fourth-order valence-corrected chi connectivity index (χ4v) is 3.24. The average molecular weight is 390 g/mol. The second-order valence-electron chi connectivity index (χ2n) is 6.83. The third-order valence-corrected chi connectivity index (χ3v) is 4.78. The zero-order valence-electron chi connectivity index (χ0n) is 16.4. The quantitative estimate of drug-likeness (QED) is 0.215. The fourth-order valence-electron chi connectivity index (χ4n) is 3.24. The number of carbonyl (C=O) groups excluding carboxylic acids is 1. The lowest BCUT2D eigenvalue weighted by Crippen LogP contribution is -2.53. The summed E-state index contributed by atoms with van der Waals surface area (Å²) in [5, 5.41) is 14.4. The minimum absolute atomic E-state index is 0.216. The van der Waals surface area contributed by atoms with Crippen LogP contribution in [0.4, 0.5) is 0 Å². The Balaban J connectivity index is 1.96. The third kappa shape index (κ3) is 6.49. The van der Waals surface area contributed by atoms with Crippen molar-refractivity contribution >= 4 is 5.97 Å². The van der Waals surface area contributed by atoms with E-state index >= 15 is 0 Å². The number of nitrogens with zero attached hydrogens (tertiary/aromatic N) is 3. The van der Waals surface area contributed by atoms with E-state index in [0.717, 1.165) is 24.8 Å². The van der Waals surface area contributed by atoms with E-state index in [9.17, 15) is 9.90 Å². The van der Waals surface area contributed by atoms with Crippen LogP contribution in [0.15, 0.2) is 35.4 Å². The summed E-state index contributed by atoms with van der Waals surface area (Å²) >= 11 is 0. The van der Waals surface area contributed by atoms with Crippen LogP contribution in [-0.2, 0) is 25.6 Å². The lowest BCUT2D eigenvalue weighted by molar-refractivity contribution is -0.152. The predicted molar refractivity (Wildman–Crippen MR) is 103 cm³/mol. The Morgan fingerprint density at radius 1 is 1.29 bits per heavy atom. The number of benzene rings is 1. The first kappa shape index (κ1) is 22.2. The van der Waals surface area contributed by atoms with Gasteiger partial charge in [0.15, 0.2) is 0 Å². The van der Waals surface area contributed by atoms with Crippen LogP contribution in [0.3, 0.4) is 0 Å². The lowest BCUT2D eigenvalue weighted by atomic mass is 9.91. The summed E-state index contributed by atoms with van der Waals surface area (Å²) in [5.41, 5.74) is 9.76. The number of ether oxygens (including phenoxy) is 3. The largest absolute Gasteiger partial charge is 0.469 e. The highest BCUT2D eigenvalue weighted by Crippen LogP contribution is 2.34. The van der Waals surface area contributed by atoms with Crippen molar-refractivity contribution in [1.29, 1.82) is 0 Å². The van der Waals surface area contributed by atoms with Gasteiger partial charge in [0.1, 0.15) is 12.2 Å². The maximum Gasteiger partial charge on any atom is 0.305 e. The highest BCUT2D eigenvalue weighted by Gasteiger charge is 2.44. The minimum Gasteiger partial charge on any atom is -0.469 e. The molecule has 0 amide bonds. The summed E-state index contributed by atoms with van der Waals surface area (Å²) < 4.78 is 16.5. The van der Waals surface area contributed by atoms with Crippen molar-refractivity contribution in [2.75, 3.05) is 7.11 Å². The second-order valence-corrected chi connectivity index (χ2v) is 6.83. The topological polar surface area (TPSA) is 114 Å². The molecule has 8 heteroatoms. The number of carbonyl (C=O) groups is 1. The molecule has 1 aliphatic rings. The Labute approximate surface area is 165 Å². The SMILES string of the molecule is COC(=O)CCCCC[C]1O[C@H](C)[C@@H](N=[N+]=[N-])[C@H](O)[C@@H]1OCc1ccccc1. The number of unbranched alkanes of at least 4 members (excludes halogenated alkanes) is 2. The fraction of sp³-hybridized carbons (Fsp3) is 0.600. The first-order chi connectivity index (χ1) is 13.6. The first-order valence-electron chi connectivity index (χ1n) is 9.53. The molecule has 1 saturated heterocycles. The molecule has 1 aromatic rings. The number of hydrogen-bond donors (Lipinski definition) is 1. The number of hydrogen-bond acceptors (Lipinski definition) is 6. The Bertz CT molecular complexity index is 651. The van der Waals surface area contributed by atoms with Crippen LogP contribution in [0.1, 0.15) is 44.6 Å². The zero-order valence-corrected chi connectivity index (χ0v) is 16.4. The molecule has 0 spiro atoms. The van der Waals surface area contributed by atoms with Crippen LogP contribution >= 0.6 is 0 Å². The van der Waals surface area contributed by atoms with E-state index in [4.69, 9.17) is 15.0 Å². The van der Waals surface area contributed by atoms with Gasteiger partial charge in [-0.2, -0.15) is 0 Å². The van der Waals surface area contributed by atoms with Gasteiger partial charge in [-0.3, -0.25) is 4.79 Å². The number of esters is 1. The molecule has 8 nitrogen and oxygen atoms in total. The second kappa shape index (κ2) is 11.7. The summed E-state index contributed by atoms with van der Waals surface area (Å²) in [6.07, 6.45) is 1.91. The van der Waals surface area contributed by atoms with Gasteiger partial charge in [0.05, 0.1) is 32.0 Å². The van der Waals surface area contributed by atoms with Crippen LogP contribution in [0.25, 0.3) is 10.4 Å². The van der Waals surface area contributed by atoms with E-state index in [0.29, 0.717) is 25.6 Å². The molecule has 0 aliphatic carbocycles. The average Bonchev–Trinajstić information content (AvgIpc) is 2.71. The highest BCUT2D eigenvalue weighted by molar-refractivity contribution is 5.68. The first-order valence-corrected chi connectivity index (χ1v) is 9.53. The molecule has 153 valence electrons. The smallest absolute Gasteiger partial charge is 0.305 e. The summed E-state index contributed by atoms with van der Waals surface area (Å²) in [6, 6.07) is 8.93. The molecule has 1 fully saturated rings. The van der Waals surface area contributed by atoms with Crippen molar-refractivity contribution in [2.24, 2.45) is 5.11 Å². The number of aliphatic hydroxyl groups is 1. The number of methoxy groups -OCH3 is 1. The van der Waals surface area contributed by atoms with Crippen LogP contribution in [0.2, 0.25) is 0 Å². The van der Waals surface area contributed by atoms with Gasteiger partial charge >= 0.3 is 5.97 Å². The molecule has 4 atom stereocenters. The van der Waals surface area contributed by atoms with Gasteiger partial charge < -0.3 is 19.3 Å². The number of azide groups is 1. The van der Waals surface area contributed by atoms with Crippen LogP contribution in [0.5, 0.6) is 0 Å².